The Labute approximate surface area is 118 Å². The van der Waals surface area contributed by atoms with Crippen molar-refractivity contribution in [1.82, 2.24) is 9.97 Å². The Hall–Kier alpha value is -1.81. The van der Waals surface area contributed by atoms with Crippen LogP contribution in [0.2, 0.25) is 5.02 Å². The van der Waals surface area contributed by atoms with E-state index < -0.39 is 0 Å². The normalized spacial score (nSPS) is 10.5. The Morgan fingerprint density at radius 1 is 1.16 bits per heavy atom. The van der Waals surface area contributed by atoms with Crippen molar-refractivity contribution in [2.24, 2.45) is 0 Å². The number of hydrogen-bond donors (Lipinski definition) is 2. The van der Waals surface area contributed by atoms with E-state index >= 15 is 0 Å². The maximum Gasteiger partial charge on any atom is 0.224 e. The summed E-state index contributed by atoms with van der Waals surface area (Å²) in [7, 11) is 0. The fourth-order valence-electron chi connectivity index (χ4n) is 1.60. The molecule has 2 aromatic rings. The van der Waals surface area contributed by atoms with Gasteiger partial charge in [-0.25, -0.2) is 4.98 Å². The summed E-state index contributed by atoms with van der Waals surface area (Å²) in [6.45, 7) is 4.81. The van der Waals surface area contributed by atoms with Crippen LogP contribution in [0.1, 0.15) is 19.4 Å². The molecule has 0 atom stereocenters. The molecule has 0 radical (unpaired) electrons. The zero-order valence-corrected chi connectivity index (χ0v) is 11.8. The lowest BCUT2D eigenvalue weighted by Gasteiger charge is -2.10. The topological polar surface area (TPSA) is 49.8 Å². The number of hydrogen-bond acceptors (Lipinski definition) is 4. The van der Waals surface area contributed by atoms with E-state index in [1.807, 2.05) is 30.3 Å². The zero-order chi connectivity index (χ0) is 13.7. The number of benzene rings is 1. The van der Waals surface area contributed by atoms with Crippen molar-refractivity contribution in [3.8, 4) is 0 Å². The molecule has 1 aromatic carbocycles. The van der Waals surface area contributed by atoms with Gasteiger partial charge < -0.3 is 10.6 Å². The van der Waals surface area contributed by atoms with Gasteiger partial charge in [0.2, 0.25) is 5.95 Å². The van der Waals surface area contributed by atoms with Crippen molar-refractivity contribution in [1.29, 1.82) is 0 Å². The summed E-state index contributed by atoms with van der Waals surface area (Å²) < 4.78 is 0. The standard InChI is InChI=1S/C14H17ClN4/c1-10(2)18-13-7-8-16-14(19-13)17-9-11-3-5-12(15)6-4-11/h3-8,10H,9H2,1-2H3,(H2,16,17,18,19). The van der Waals surface area contributed by atoms with E-state index in [1.54, 1.807) is 6.20 Å². The van der Waals surface area contributed by atoms with E-state index in [0.717, 1.165) is 16.4 Å². The van der Waals surface area contributed by atoms with Crippen LogP contribution in [0, 0.1) is 0 Å². The highest BCUT2D eigenvalue weighted by Crippen LogP contribution is 2.11. The van der Waals surface area contributed by atoms with Crippen LogP contribution in [0.15, 0.2) is 36.5 Å². The molecule has 0 saturated heterocycles. The van der Waals surface area contributed by atoms with E-state index in [9.17, 15) is 0 Å². The molecule has 5 heteroatoms. The van der Waals surface area contributed by atoms with Crippen LogP contribution in [-0.2, 0) is 6.54 Å². The number of rotatable bonds is 5. The monoisotopic (exact) mass is 276 g/mol. The molecular weight excluding hydrogens is 260 g/mol. The average molecular weight is 277 g/mol. The van der Waals surface area contributed by atoms with Crippen LogP contribution in [-0.4, -0.2) is 16.0 Å². The summed E-state index contributed by atoms with van der Waals surface area (Å²) in [4.78, 5) is 8.58. The molecule has 100 valence electrons. The number of anilines is 2. The van der Waals surface area contributed by atoms with Gasteiger partial charge in [0.15, 0.2) is 0 Å². The molecular formula is C14H17ClN4. The molecule has 0 bridgehead atoms. The fraction of sp³-hybridized carbons (Fsp3) is 0.286. The number of nitrogens with zero attached hydrogens (tertiary/aromatic N) is 2. The van der Waals surface area contributed by atoms with Crippen molar-refractivity contribution in [3.63, 3.8) is 0 Å². The molecule has 2 N–H and O–H groups in total. The first-order valence-electron chi connectivity index (χ1n) is 6.21. The third-order valence-corrected chi connectivity index (χ3v) is 2.71. The molecule has 0 unspecified atom stereocenters. The molecule has 4 nitrogen and oxygen atoms in total. The van der Waals surface area contributed by atoms with Gasteiger partial charge in [-0.15, -0.1) is 0 Å². The smallest absolute Gasteiger partial charge is 0.224 e. The van der Waals surface area contributed by atoms with Crippen molar-refractivity contribution >= 4 is 23.4 Å². The Balaban J connectivity index is 1.97. The molecule has 1 heterocycles. The molecule has 2 rings (SSSR count). The summed E-state index contributed by atoms with van der Waals surface area (Å²) in [5.41, 5.74) is 1.13. The summed E-state index contributed by atoms with van der Waals surface area (Å²) in [5.74, 6) is 1.43. The SMILES string of the molecule is CC(C)Nc1ccnc(NCc2ccc(Cl)cc2)n1. The van der Waals surface area contributed by atoms with Crippen LogP contribution in [0.25, 0.3) is 0 Å². The second-order valence-electron chi connectivity index (χ2n) is 4.54. The summed E-state index contributed by atoms with van der Waals surface area (Å²) in [5, 5.41) is 7.17. The predicted molar refractivity (Wildman–Crippen MR) is 79.6 cm³/mol. The van der Waals surface area contributed by atoms with E-state index in [1.165, 1.54) is 0 Å². The fourth-order valence-corrected chi connectivity index (χ4v) is 1.73. The largest absolute Gasteiger partial charge is 0.368 e. The highest BCUT2D eigenvalue weighted by molar-refractivity contribution is 6.30. The lowest BCUT2D eigenvalue weighted by atomic mass is 10.2. The van der Waals surface area contributed by atoms with Gasteiger partial charge >= 0.3 is 0 Å². The van der Waals surface area contributed by atoms with Gasteiger partial charge in [-0.05, 0) is 37.6 Å². The maximum atomic E-state index is 5.84. The third-order valence-electron chi connectivity index (χ3n) is 2.46. The first-order chi connectivity index (χ1) is 9.13. The highest BCUT2D eigenvalue weighted by atomic mass is 35.5. The minimum atomic E-state index is 0.346. The quantitative estimate of drug-likeness (QED) is 0.877. The molecule has 0 fully saturated rings. The second-order valence-corrected chi connectivity index (χ2v) is 4.98. The number of halogens is 1. The zero-order valence-electron chi connectivity index (χ0n) is 11.0. The van der Waals surface area contributed by atoms with Gasteiger partial charge in [0.1, 0.15) is 5.82 Å². The summed E-state index contributed by atoms with van der Waals surface area (Å²) in [6.07, 6.45) is 1.74. The second kappa shape index (κ2) is 6.38. The first-order valence-corrected chi connectivity index (χ1v) is 6.59. The predicted octanol–water partition coefficient (Wildman–Crippen LogP) is 3.56. The molecule has 0 aliphatic rings. The van der Waals surface area contributed by atoms with E-state index in [0.29, 0.717) is 18.5 Å². The maximum absolute atomic E-state index is 5.84. The lowest BCUT2D eigenvalue weighted by molar-refractivity contribution is 0.885. The molecule has 0 amide bonds. The van der Waals surface area contributed by atoms with Crippen LogP contribution in [0.4, 0.5) is 11.8 Å². The van der Waals surface area contributed by atoms with Gasteiger partial charge in [-0.2, -0.15) is 4.98 Å². The molecule has 0 saturated carbocycles. The van der Waals surface area contributed by atoms with Crippen LogP contribution >= 0.6 is 11.6 Å². The van der Waals surface area contributed by atoms with Gasteiger partial charge in [0, 0.05) is 23.8 Å². The summed E-state index contributed by atoms with van der Waals surface area (Å²) >= 11 is 5.84. The van der Waals surface area contributed by atoms with Crippen LogP contribution in [0.3, 0.4) is 0 Å². The molecule has 1 aromatic heterocycles. The van der Waals surface area contributed by atoms with Crippen LogP contribution in [0.5, 0.6) is 0 Å². The van der Waals surface area contributed by atoms with Crippen LogP contribution < -0.4 is 10.6 Å². The van der Waals surface area contributed by atoms with E-state index in [-0.39, 0.29) is 0 Å². The first kappa shape index (κ1) is 13.6. The Kier molecular flexibility index (Phi) is 4.58. The highest BCUT2D eigenvalue weighted by Gasteiger charge is 2.00. The van der Waals surface area contributed by atoms with E-state index in [4.69, 9.17) is 11.6 Å². The Bertz CT molecular complexity index is 525. The van der Waals surface area contributed by atoms with E-state index in [2.05, 4.69) is 34.4 Å². The van der Waals surface area contributed by atoms with Gasteiger partial charge in [0.05, 0.1) is 0 Å². The number of nitrogens with one attached hydrogen (secondary N) is 2. The van der Waals surface area contributed by atoms with Gasteiger partial charge in [0.25, 0.3) is 0 Å². The minimum Gasteiger partial charge on any atom is -0.368 e. The van der Waals surface area contributed by atoms with Gasteiger partial charge in [-0.1, -0.05) is 23.7 Å². The van der Waals surface area contributed by atoms with Crippen molar-refractivity contribution in [2.45, 2.75) is 26.4 Å². The van der Waals surface area contributed by atoms with Crippen molar-refractivity contribution in [2.75, 3.05) is 10.6 Å². The number of aromatic nitrogens is 2. The molecule has 0 spiro atoms. The van der Waals surface area contributed by atoms with Crippen molar-refractivity contribution < 1.29 is 0 Å². The Morgan fingerprint density at radius 2 is 1.89 bits per heavy atom. The third kappa shape index (κ3) is 4.41. The summed E-state index contributed by atoms with van der Waals surface area (Å²) in [6, 6.07) is 9.90. The lowest BCUT2D eigenvalue weighted by Crippen LogP contribution is -2.12. The minimum absolute atomic E-state index is 0.346. The van der Waals surface area contributed by atoms with Gasteiger partial charge in [-0.3, -0.25) is 0 Å². The van der Waals surface area contributed by atoms with Crippen molar-refractivity contribution in [3.05, 3.63) is 47.1 Å². The Morgan fingerprint density at radius 3 is 2.58 bits per heavy atom. The molecule has 0 aliphatic carbocycles. The molecule has 19 heavy (non-hydrogen) atoms. The molecule has 0 aliphatic heterocycles. The average Bonchev–Trinajstić information content (AvgIpc) is 2.38.